The number of carboxylic acids is 1. The summed E-state index contributed by atoms with van der Waals surface area (Å²) in [4.78, 5) is 24.4. The molecule has 0 aliphatic carbocycles. The largest absolute Gasteiger partial charge is 0.481 e. The minimum atomic E-state index is -0.730. The SMILES string of the molecule is CCCCCC(=O)C=Cc1ccc(CCCCC(=O)O)s1. The zero-order valence-corrected chi connectivity index (χ0v) is 13.5. The smallest absolute Gasteiger partial charge is 0.303 e. The molecule has 0 saturated carbocycles. The predicted molar refractivity (Wildman–Crippen MR) is 87.7 cm³/mol. The van der Waals surface area contributed by atoms with Crippen molar-refractivity contribution < 1.29 is 14.7 Å². The van der Waals surface area contributed by atoms with E-state index in [1.807, 2.05) is 12.1 Å². The molecule has 0 aromatic carbocycles. The second-order valence-corrected chi connectivity index (χ2v) is 6.36. The van der Waals surface area contributed by atoms with Gasteiger partial charge in [-0.15, -0.1) is 11.3 Å². The summed E-state index contributed by atoms with van der Waals surface area (Å²) in [7, 11) is 0. The molecule has 0 amide bonds. The minimum Gasteiger partial charge on any atom is -0.481 e. The van der Waals surface area contributed by atoms with Crippen molar-refractivity contribution in [3.63, 3.8) is 0 Å². The highest BCUT2D eigenvalue weighted by Crippen LogP contribution is 2.20. The second kappa shape index (κ2) is 10.3. The van der Waals surface area contributed by atoms with Gasteiger partial charge in [-0.25, -0.2) is 0 Å². The number of rotatable bonds is 11. The summed E-state index contributed by atoms with van der Waals surface area (Å²) in [5, 5.41) is 8.58. The topological polar surface area (TPSA) is 54.4 Å². The summed E-state index contributed by atoms with van der Waals surface area (Å²) < 4.78 is 0. The van der Waals surface area contributed by atoms with Crippen LogP contribution in [-0.4, -0.2) is 16.9 Å². The summed E-state index contributed by atoms with van der Waals surface area (Å²) in [6.07, 6.45) is 10.2. The van der Waals surface area contributed by atoms with Crippen LogP contribution >= 0.6 is 11.3 Å². The van der Waals surface area contributed by atoms with Gasteiger partial charge >= 0.3 is 5.97 Å². The molecule has 0 unspecified atom stereocenters. The summed E-state index contributed by atoms with van der Waals surface area (Å²) in [6, 6.07) is 4.08. The summed E-state index contributed by atoms with van der Waals surface area (Å²) >= 11 is 1.68. The van der Waals surface area contributed by atoms with Crippen molar-refractivity contribution in [3.8, 4) is 0 Å². The van der Waals surface area contributed by atoms with Crippen LogP contribution in [0, 0.1) is 0 Å². The quantitative estimate of drug-likeness (QED) is 0.476. The van der Waals surface area contributed by atoms with Crippen LogP contribution in [0.1, 0.15) is 61.6 Å². The monoisotopic (exact) mass is 308 g/mol. The fraction of sp³-hybridized carbons (Fsp3) is 0.529. The zero-order valence-electron chi connectivity index (χ0n) is 12.6. The predicted octanol–water partition coefficient (Wildman–Crippen LogP) is 4.71. The number of thiophene rings is 1. The first-order chi connectivity index (χ1) is 10.1. The van der Waals surface area contributed by atoms with Gasteiger partial charge in [0.25, 0.3) is 0 Å². The van der Waals surface area contributed by atoms with Crippen LogP contribution in [-0.2, 0) is 16.0 Å². The van der Waals surface area contributed by atoms with Crippen LogP contribution in [0.3, 0.4) is 0 Å². The molecular weight excluding hydrogens is 284 g/mol. The molecule has 1 aromatic rings. The van der Waals surface area contributed by atoms with E-state index in [4.69, 9.17) is 5.11 Å². The Balaban J connectivity index is 2.30. The van der Waals surface area contributed by atoms with Gasteiger partial charge in [0.15, 0.2) is 5.78 Å². The Morgan fingerprint density at radius 3 is 2.62 bits per heavy atom. The van der Waals surface area contributed by atoms with Gasteiger partial charge in [-0.1, -0.05) is 19.8 Å². The van der Waals surface area contributed by atoms with Crippen molar-refractivity contribution >= 4 is 29.2 Å². The molecule has 0 aliphatic heterocycles. The number of hydrogen-bond donors (Lipinski definition) is 1. The van der Waals surface area contributed by atoms with Gasteiger partial charge in [0.05, 0.1) is 0 Å². The van der Waals surface area contributed by atoms with E-state index in [1.54, 1.807) is 17.4 Å². The van der Waals surface area contributed by atoms with E-state index >= 15 is 0 Å². The first-order valence-corrected chi connectivity index (χ1v) is 8.45. The normalized spacial score (nSPS) is 11.1. The highest BCUT2D eigenvalue weighted by atomic mass is 32.1. The molecule has 4 heteroatoms. The van der Waals surface area contributed by atoms with E-state index in [-0.39, 0.29) is 12.2 Å². The number of carbonyl (C=O) groups excluding carboxylic acids is 1. The molecule has 0 spiro atoms. The number of ketones is 1. The van der Waals surface area contributed by atoms with E-state index in [2.05, 4.69) is 13.0 Å². The molecular formula is C17H24O3S. The lowest BCUT2D eigenvalue weighted by Crippen LogP contribution is -1.94. The Hall–Kier alpha value is -1.42. The fourth-order valence-electron chi connectivity index (χ4n) is 2.00. The first-order valence-electron chi connectivity index (χ1n) is 7.63. The molecule has 0 bridgehead atoms. The molecule has 0 fully saturated rings. The van der Waals surface area contributed by atoms with E-state index in [9.17, 15) is 9.59 Å². The molecule has 1 rings (SSSR count). The van der Waals surface area contributed by atoms with Crippen LogP contribution in [0.4, 0.5) is 0 Å². The first kappa shape index (κ1) is 17.6. The van der Waals surface area contributed by atoms with Crippen molar-refractivity contribution in [1.29, 1.82) is 0 Å². The number of unbranched alkanes of at least 4 members (excludes halogenated alkanes) is 3. The van der Waals surface area contributed by atoms with Crippen LogP contribution in [0.25, 0.3) is 6.08 Å². The van der Waals surface area contributed by atoms with Gasteiger partial charge < -0.3 is 5.11 Å². The van der Waals surface area contributed by atoms with E-state index in [1.165, 1.54) is 4.88 Å². The third kappa shape index (κ3) is 8.45. The standard InChI is InChI=1S/C17H24O3S/c1-2-3-4-7-14(18)10-11-16-13-12-15(21-16)8-5-6-9-17(19)20/h10-13H,2-9H2,1H3,(H,19,20). The van der Waals surface area contributed by atoms with E-state index in [0.717, 1.165) is 37.0 Å². The van der Waals surface area contributed by atoms with Crippen molar-refractivity contribution in [2.75, 3.05) is 0 Å². The highest BCUT2D eigenvalue weighted by molar-refractivity contribution is 7.12. The van der Waals surface area contributed by atoms with Gasteiger partial charge in [-0.3, -0.25) is 9.59 Å². The van der Waals surface area contributed by atoms with E-state index < -0.39 is 5.97 Å². The Kier molecular flexibility index (Phi) is 8.67. The molecule has 0 saturated heterocycles. The van der Waals surface area contributed by atoms with Gasteiger partial charge in [-0.2, -0.15) is 0 Å². The number of allylic oxidation sites excluding steroid dienone is 1. The highest BCUT2D eigenvalue weighted by Gasteiger charge is 2.01. The summed E-state index contributed by atoms with van der Waals surface area (Å²) in [5.41, 5.74) is 0. The van der Waals surface area contributed by atoms with E-state index in [0.29, 0.717) is 12.8 Å². The van der Waals surface area contributed by atoms with Crippen molar-refractivity contribution in [2.45, 2.75) is 58.3 Å². The Labute approximate surface area is 130 Å². The molecule has 1 heterocycles. The van der Waals surface area contributed by atoms with Crippen LogP contribution in [0.15, 0.2) is 18.2 Å². The zero-order chi connectivity index (χ0) is 15.5. The number of hydrogen-bond acceptors (Lipinski definition) is 3. The Morgan fingerprint density at radius 2 is 1.90 bits per heavy atom. The van der Waals surface area contributed by atoms with Gasteiger partial charge in [0, 0.05) is 22.6 Å². The van der Waals surface area contributed by atoms with Gasteiger partial charge in [0.2, 0.25) is 0 Å². The third-order valence-corrected chi connectivity index (χ3v) is 4.32. The molecule has 0 atom stereocenters. The van der Waals surface area contributed by atoms with Crippen LogP contribution in [0.2, 0.25) is 0 Å². The minimum absolute atomic E-state index is 0.194. The Bertz CT molecular complexity index is 474. The van der Waals surface area contributed by atoms with Gasteiger partial charge in [-0.05, 0) is 50.0 Å². The maximum atomic E-state index is 11.6. The summed E-state index contributed by atoms with van der Waals surface area (Å²) in [6.45, 7) is 2.13. The Morgan fingerprint density at radius 1 is 1.14 bits per heavy atom. The number of aliphatic carboxylic acids is 1. The molecule has 1 N–H and O–H groups in total. The molecule has 0 radical (unpaired) electrons. The fourth-order valence-corrected chi connectivity index (χ4v) is 2.96. The van der Waals surface area contributed by atoms with Gasteiger partial charge in [0.1, 0.15) is 0 Å². The molecule has 116 valence electrons. The maximum absolute atomic E-state index is 11.6. The number of carbonyl (C=O) groups is 2. The maximum Gasteiger partial charge on any atom is 0.303 e. The lowest BCUT2D eigenvalue weighted by molar-refractivity contribution is -0.137. The molecule has 3 nitrogen and oxygen atoms in total. The number of aryl methyl sites for hydroxylation is 1. The molecule has 0 aliphatic rings. The van der Waals surface area contributed by atoms with Crippen LogP contribution < -0.4 is 0 Å². The molecule has 21 heavy (non-hydrogen) atoms. The van der Waals surface area contributed by atoms with Crippen LogP contribution in [0.5, 0.6) is 0 Å². The summed E-state index contributed by atoms with van der Waals surface area (Å²) in [5.74, 6) is -0.536. The number of carboxylic acid groups (broad SMARTS) is 1. The lowest BCUT2D eigenvalue weighted by Gasteiger charge is -1.95. The molecule has 1 aromatic heterocycles. The van der Waals surface area contributed by atoms with Crippen molar-refractivity contribution in [3.05, 3.63) is 28.0 Å². The van der Waals surface area contributed by atoms with Crippen molar-refractivity contribution in [1.82, 2.24) is 0 Å². The van der Waals surface area contributed by atoms with Crippen molar-refractivity contribution in [2.24, 2.45) is 0 Å². The third-order valence-electron chi connectivity index (χ3n) is 3.21. The average Bonchev–Trinajstić information content (AvgIpc) is 2.89. The second-order valence-electron chi connectivity index (χ2n) is 5.16. The lowest BCUT2D eigenvalue weighted by atomic mass is 10.1. The average molecular weight is 308 g/mol.